The molecule has 1 atom stereocenters. The second-order valence-electron chi connectivity index (χ2n) is 5.07. The summed E-state index contributed by atoms with van der Waals surface area (Å²) in [6.45, 7) is 0.485. The van der Waals surface area contributed by atoms with Gasteiger partial charge in [-0.1, -0.05) is 0 Å². The molecule has 100 valence electrons. The van der Waals surface area contributed by atoms with Gasteiger partial charge in [-0.3, -0.25) is 4.79 Å². The number of amides is 1. The maximum Gasteiger partial charge on any atom is 0.326 e. The average molecular weight is 261 g/mol. The van der Waals surface area contributed by atoms with E-state index in [4.69, 9.17) is 5.11 Å². The van der Waals surface area contributed by atoms with Crippen LogP contribution in [0, 0.1) is 0 Å². The van der Waals surface area contributed by atoms with Gasteiger partial charge in [-0.2, -0.15) is 0 Å². The Bertz CT molecular complexity index is 528. The largest absolute Gasteiger partial charge is 0.480 e. The van der Waals surface area contributed by atoms with Crippen molar-refractivity contribution in [1.29, 1.82) is 0 Å². The highest BCUT2D eigenvalue weighted by Crippen LogP contribution is 2.37. The monoisotopic (exact) mass is 261 g/mol. The highest BCUT2D eigenvalue weighted by molar-refractivity contribution is 5.95. The lowest BCUT2D eigenvalue weighted by Crippen LogP contribution is -2.40. The van der Waals surface area contributed by atoms with Crippen molar-refractivity contribution in [1.82, 2.24) is 14.9 Å². The first-order chi connectivity index (χ1) is 9.16. The molecule has 1 unspecified atom stereocenters. The van der Waals surface area contributed by atoms with Gasteiger partial charge in [0.15, 0.2) is 0 Å². The third kappa shape index (κ3) is 2.30. The number of nitrogens with zero attached hydrogens (tertiary/aromatic N) is 3. The van der Waals surface area contributed by atoms with Gasteiger partial charge in [0.05, 0.1) is 0 Å². The third-order valence-corrected chi connectivity index (χ3v) is 3.63. The molecule has 1 aromatic heterocycles. The van der Waals surface area contributed by atoms with Crippen LogP contribution in [0.3, 0.4) is 0 Å². The molecule has 1 aliphatic carbocycles. The van der Waals surface area contributed by atoms with E-state index in [1.54, 1.807) is 12.3 Å². The fourth-order valence-electron chi connectivity index (χ4n) is 2.44. The zero-order chi connectivity index (χ0) is 13.4. The first kappa shape index (κ1) is 12.1. The Kier molecular flexibility index (Phi) is 2.93. The minimum Gasteiger partial charge on any atom is -0.480 e. The summed E-state index contributed by atoms with van der Waals surface area (Å²) in [5.74, 6) is -0.157. The van der Waals surface area contributed by atoms with Crippen LogP contribution in [-0.4, -0.2) is 44.4 Å². The molecule has 0 radical (unpaired) electrons. The number of likely N-dealkylation sites (tertiary alicyclic amines) is 1. The second kappa shape index (κ2) is 4.60. The number of carboxylic acids is 1. The van der Waals surface area contributed by atoms with E-state index in [9.17, 15) is 9.59 Å². The molecule has 0 aromatic carbocycles. The molecule has 1 amide bonds. The lowest BCUT2D eigenvalue weighted by Gasteiger charge is -2.20. The van der Waals surface area contributed by atoms with Crippen LogP contribution in [0.1, 0.15) is 47.9 Å². The van der Waals surface area contributed by atoms with Crippen molar-refractivity contribution < 1.29 is 14.7 Å². The minimum absolute atomic E-state index is 0.297. The normalized spacial score (nSPS) is 22.5. The van der Waals surface area contributed by atoms with Gasteiger partial charge in [0, 0.05) is 18.7 Å². The van der Waals surface area contributed by atoms with Crippen LogP contribution in [-0.2, 0) is 4.79 Å². The first-order valence-electron chi connectivity index (χ1n) is 6.53. The van der Waals surface area contributed by atoms with E-state index in [0.717, 1.165) is 19.3 Å². The van der Waals surface area contributed by atoms with Crippen LogP contribution >= 0.6 is 0 Å². The van der Waals surface area contributed by atoms with Crippen molar-refractivity contribution in [2.24, 2.45) is 0 Å². The predicted molar refractivity (Wildman–Crippen MR) is 65.7 cm³/mol. The molecule has 2 aliphatic rings. The Morgan fingerprint density at radius 1 is 1.32 bits per heavy atom. The molecule has 2 fully saturated rings. The van der Waals surface area contributed by atoms with Crippen molar-refractivity contribution in [3.63, 3.8) is 0 Å². The lowest BCUT2D eigenvalue weighted by atomic mass is 10.2. The van der Waals surface area contributed by atoms with E-state index in [1.165, 1.54) is 4.90 Å². The maximum absolute atomic E-state index is 12.3. The van der Waals surface area contributed by atoms with Crippen LogP contribution in [0.4, 0.5) is 0 Å². The fraction of sp³-hybridized carbons (Fsp3) is 0.538. The molecule has 0 spiro atoms. The van der Waals surface area contributed by atoms with E-state index in [2.05, 4.69) is 9.97 Å². The molecule has 3 rings (SSSR count). The van der Waals surface area contributed by atoms with Gasteiger partial charge in [-0.05, 0) is 31.7 Å². The number of aromatic nitrogens is 2. The number of hydrogen-bond acceptors (Lipinski definition) is 4. The molecular formula is C13H15N3O3. The summed E-state index contributed by atoms with van der Waals surface area (Å²) in [7, 11) is 0. The first-order valence-corrected chi connectivity index (χ1v) is 6.53. The SMILES string of the molecule is O=C(O)C1CCCN1C(=O)c1ccnc(C2CC2)n1. The molecule has 6 nitrogen and oxygen atoms in total. The molecular weight excluding hydrogens is 246 g/mol. The summed E-state index contributed by atoms with van der Waals surface area (Å²) >= 11 is 0. The number of carboxylic acid groups (broad SMARTS) is 1. The summed E-state index contributed by atoms with van der Waals surface area (Å²) in [4.78, 5) is 33.3. The van der Waals surface area contributed by atoms with Gasteiger partial charge in [-0.15, -0.1) is 0 Å². The topological polar surface area (TPSA) is 83.4 Å². The Balaban J connectivity index is 1.82. The van der Waals surface area contributed by atoms with E-state index in [-0.39, 0.29) is 5.91 Å². The Morgan fingerprint density at radius 2 is 2.11 bits per heavy atom. The standard InChI is InChI=1S/C13H15N3O3/c17-12(16-7-1-2-10(16)13(18)19)9-5-6-14-11(15-9)8-3-4-8/h5-6,8,10H,1-4,7H2,(H,18,19). The summed E-state index contributed by atoms with van der Waals surface area (Å²) in [6.07, 6.45) is 4.96. The van der Waals surface area contributed by atoms with Gasteiger partial charge in [0.25, 0.3) is 5.91 Å². The van der Waals surface area contributed by atoms with Crippen molar-refractivity contribution >= 4 is 11.9 Å². The van der Waals surface area contributed by atoms with Crippen LogP contribution in [0.15, 0.2) is 12.3 Å². The molecule has 1 N–H and O–H groups in total. The van der Waals surface area contributed by atoms with E-state index >= 15 is 0 Å². The average Bonchev–Trinajstić information content (AvgIpc) is 3.15. The Morgan fingerprint density at radius 3 is 2.79 bits per heavy atom. The molecule has 2 heterocycles. The Hall–Kier alpha value is -1.98. The van der Waals surface area contributed by atoms with Gasteiger partial charge in [0.2, 0.25) is 0 Å². The van der Waals surface area contributed by atoms with E-state index in [0.29, 0.717) is 30.4 Å². The third-order valence-electron chi connectivity index (χ3n) is 3.63. The summed E-state index contributed by atoms with van der Waals surface area (Å²) in [5, 5.41) is 9.11. The number of carbonyl (C=O) groups excluding carboxylic acids is 1. The fourth-order valence-corrected chi connectivity index (χ4v) is 2.44. The second-order valence-corrected chi connectivity index (χ2v) is 5.07. The maximum atomic E-state index is 12.3. The molecule has 1 saturated carbocycles. The van der Waals surface area contributed by atoms with Crippen LogP contribution in [0.25, 0.3) is 0 Å². The molecule has 19 heavy (non-hydrogen) atoms. The van der Waals surface area contributed by atoms with Crippen molar-refractivity contribution in [3.8, 4) is 0 Å². The van der Waals surface area contributed by atoms with Crippen molar-refractivity contribution in [2.75, 3.05) is 6.54 Å². The lowest BCUT2D eigenvalue weighted by molar-refractivity contribution is -0.141. The Labute approximate surface area is 110 Å². The smallest absolute Gasteiger partial charge is 0.326 e. The molecule has 0 bridgehead atoms. The van der Waals surface area contributed by atoms with Gasteiger partial charge in [0.1, 0.15) is 17.6 Å². The summed E-state index contributed by atoms with van der Waals surface area (Å²) in [5.41, 5.74) is 0.310. The molecule has 1 aromatic rings. The van der Waals surface area contributed by atoms with Gasteiger partial charge >= 0.3 is 5.97 Å². The van der Waals surface area contributed by atoms with Gasteiger partial charge < -0.3 is 10.0 Å². The van der Waals surface area contributed by atoms with Gasteiger partial charge in [-0.25, -0.2) is 14.8 Å². The van der Waals surface area contributed by atoms with E-state index < -0.39 is 12.0 Å². The molecule has 1 saturated heterocycles. The van der Waals surface area contributed by atoms with Crippen LogP contribution in [0.2, 0.25) is 0 Å². The molecule has 1 aliphatic heterocycles. The minimum atomic E-state index is -0.942. The van der Waals surface area contributed by atoms with Crippen molar-refractivity contribution in [2.45, 2.75) is 37.6 Å². The number of aliphatic carboxylic acids is 1. The zero-order valence-corrected chi connectivity index (χ0v) is 10.5. The summed E-state index contributed by atoms with van der Waals surface area (Å²) < 4.78 is 0. The van der Waals surface area contributed by atoms with Crippen LogP contribution < -0.4 is 0 Å². The predicted octanol–water partition coefficient (Wildman–Crippen LogP) is 1.04. The number of hydrogen-bond donors (Lipinski definition) is 1. The highest BCUT2D eigenvalue weighted by atomic mass is 16.4. The quantitative estimate of drug-likeness (QED) is 0.879. The van der Waals surface area contributed by atoms with Crippen LogP contribution in [0.5, 0.6) is 0 Å². The van der Waals surface area contributed by atoms with Crippen molar-refractivity contribution in [3.05, 3.63) is 23.8 Å². The zero-order valence-electron chi connectivity index (χ0n) is 10.5. The number of rotatable bonds is 3. The number of carbonyl (C=O) groups is 2. The molecule has 6 heteroatoms. The van der Waals surface area contributed by atoms with E-state index in [1.807, 2.05) is 0 Å². The summed E-state index contributed by atoms with van der Waals surface area (Å²) in [6, 6.07) is 0.845. The highest BCUT2D eigenvalue weighted by Gasteiger charge is 2.35.